The predicted octanol–water partition coefficient (Wildman–Crippen LogP) is 1.06. The maximum absolute atomic E-state index is 12.3. The molecule has 1 aromatic heterocycles. The highest BCUT2D eigenvalue weighted by Crippen LogP contribution is 2.20. The van der Waals surface area contributed by atoms with Crippen molar-refractivity contribution >= 4 is 17.5 Å². The lowest BCUT2D eigenvalue weighted by atomic mass is 10.2. The Morgan fingerprint density at radius 2 is 2.14 bits per heavy atom. The van der Waals surface area contributed by atoms with Crippen LogP contribution < -0.4 is 11.3 Å². The molecule has 0 unspecified atom stereocenters. The van der Waals surface area contributed by atoms with Gasteiger partial charge in [0.2, 0.25) is 0 Å². The number of hydrogen-bond acceptors (Lipinski definition) is 2. The van der Waals surface area contributed by atoms with E-state index in [1.807, 2.05) is 0 Å². The second-order valence-electron chi connectivity index (χ2n) is 2.44. The molecule has 0 saturated heterocycles. The van der Waals surface area contributed by atoms with Crippen LogP contribution in [0.4, 0.5) is 8.78 Å². The number of aromatic amines is 1. The number of nitrogens with one attached hydrogen (secondary N) is 1. The second-order valence-corrected chi connectivity index (χ2v) is 2.85. The van der Waals surface area contributed by atoms with Crippen LogP contribution in [0.5, 0.6) is 0 Å². The summed E-state index contributed by atoms with van der Waals surface area (Å²) in [6, 6.07) is 0.824. The molecule has 4 nitrogen and oxygen atoms in total. The van der Waals surface area contributed by atoms with Crippen LogP contribution in [0.2, 0.25) is 5.02 Å². The van der Waals surface area contributed by atoms with Gasteiger partial charge in [0.25, 0.3) is 17.9 Å². The van der Waals surface area contributed by atoms with E-state index in [0.717, 1.165) is 6.07 Å². The number of aromatic nitrogens is 1. The van der Waals surface area contributed by atoms with Crippen LogP contribution in [0.15, 0.2) is 10.9 Å². The zero-order valence-electron chi connectivity index (χ0n) is 6.68. The Bertz CT molecular complexity index is 430. The van der Waals surface area contributed by atoms with Crippen LogP contribution in [-0.2, 0) is 0 Å². The first-order valence-corrected chi connectivity index (χ1v) is 3.82. The van der Waals surface area contributed by atoms with E-state index in [0.29, 0.717) is 0 Å². The number of alkyl halides is 2. The first kappa shape index (κ1) is 10.6. The van der Waals surface area contributed by atoms with Gasteiger partial charge < -0.3 is 10.7 Å². The minimum atomic E-state index is -2.98. The Kier molecular flexibility index (Phi) is 2.85. The van der Waals surface area contributed by atoms with Gasteiger partial charge in [-0.05, 0) is 6.07 Å². The van der Waals surface area contributed by atoms with Crippen molar-refractivity contribution in [1.82, 2.24) is 4.98 Å². The summed E-state index contributed by atoms with van der Waals surface area (Å²) in [6.45, 7) is 0. The van der Waals surface area contributed by atoms with Gasteiger partial charge in [0.05, 0.1) is 11.3 Å². The lowest BCUT2D eigenvalue weighted by Gasteiger charge is -2.04. The fourth-order valence-corrected chi connectivity index (χ4v) is 1.05. The molecule has 0 atom stereocenters. The molecular weight excluding hydrogens is 218 g/mol. The Balaban J connectivity index is 3.47. The number of H-pyrrole nitrogens is 1. The quantitative estimate of drug-likeness (QED) is 0.785. The van der Waals surface area contributed by atoms with Gasteiger partial charge in [-0.3, -0.25) is 9.59 Å². The third kappa shape index (κ3) is 1.90. The van der Waals surface area contributed by atoms with Crippen LogP contribution in [0.25, 0.3) is 0 Å². The Morgan fingerprint density at radius 1 is 1.57 bits per heavy atom. The van der Waals surface area contributed by atoms with Crippen molar-refractivity contribution in [2.75, 3.05) is 0 Å². The number of pyridine rings is 1. The third-order valence-corrected chi connectivity index (χ3v) is 1.79. The van der Waals surface area contributed by atoms with Gasteiger partial charge >= 0.3 is 0 Å². The number of halogens is 3. The van der Waals surface area contributed by atoms with Crippen LogP contribution in [-0.4, -0.2) is 10.9 Å². The summed E-state index contributed by atoms with van der Waals surface area (Å²) < 4.78 is 24.6. The number of hydrogen-bond donors (Lipinski definition) is 2. The molecule has 1 heterocycles. The van der Waals surface area contributed by atoms with E-state index < -0.39 is 29.1 Å². The van der Waals surface area contributed by atoms with Gasteiger partial charge in [-0.2, -0.15) is 0 Å². The van der Waals surface area contributed by atoms with Crippen LogP contribution in [0.3, 0.4) is 0 Å². The number of carbonyl (C=O) groups is 1. The molecule has 1 aromatic rings. The molecule has 0 radical (unpaired) electrons. The first-order chi connectivity index (χ1) is 6.43. The van der Waals surface area contributed by atoms with Crippen molar-refractivity contribution < 1.29 is 13.6 Å². The molecule has 0 aromatic carbocycles. The molecule has 0 saturated carbocycles. The summed E-state index contributed by atoms with van der Waals surface area (Å²) in [5, 5.41) is -0.358. The number of amides is 1. The normalized spacial score (nSPS) is 10.6. The summed E-state index contributed by atoms with van der Waals surface area (Å²) >= 11 is 5.34. The van der Waals surface area contributed by atoms with E-state index in [4.69, 9.17) is 17.3 Å². The number of primary amides is 1. The molecule has 0 fully saturated rings. The van der Waals surface area contributed by atoms with Gasteiger partial charge in [0.15, 0.2) is 0 Å². The average Bonchev–Trinajstić information content (AvgIpc) is 2.08. The molecule has 1 amide bonds. The fourth-order valence-electron chi connectivity index (χ4n) is 0.895. The summed E-state index contributed by atoms with van der Waals surface area (Å²) in [5.41, 5.74) is 2.64. The van der Waals surface area contributed by atoms with Gasteiger partial charge in [-0.25, -0.2) is 8.78 Å². The summed E-state index contributed by atoms with van der Waals surface area (Å²) in [7, 11) is 0. The highest BCUT2D eigenvalue weighted by molar-refractivity contribution is 6.30. The Hall–Kier alpha value is -1.43. The molecule has 0 bridgehead atoms. The topological polar surface area (TPSA) is 76.0 Å². The highest BCUT2D eigenvalue weighted by Gasteiger charge is 2.19. The third-order valence-electron chi connectivity index (χ3n) is 1.51. The van der Waals surface area contributed by atoms with Crippen molar-refractivity contribution in [2.45, 2.75) is 6.43 Å². The van der Waals surface area contributed by atoms with Crippen LogP contribution in [0.1, 0.15) is 22.5 Å². The van der Waals surface area contributed by atoms with Crippen molar-refractivity contribution in [2.24, 2.45) is 5.73 Å². The SMILES string of the molecule is NC(=O)c1cc(Cl)c(=O)[nH]c1C(F)F. The van der Waals surface area contributed by atoms with Crippen LogP contribution >= 0.6 is 11.6 Å². The summed E-state index contributed by atoms with van der Waals surface area (Å²) in [4.78, 5) is 23.3. The van der Waals surface area contributed by atoms with Gasteiger partial charge in [0.1, 0.15) is 5.02 Å². The smallest absolute Gasteiger partial charge is 0.279 e. The van der Waals surface area contributed by atoms with Gasteiger partial charge in [0, 0.05) is 0 Å². The highest BCUT2D eigenvalue weighted by atomic mass is 35.5. The molecule has 3 N–H and O–H groups in total. The molecule has 0 aliphatic heterocycles. The zero-order chi connectivity index (χ0) is 10.9. The monoisotopic (exact) mass is 222 g/mol. The minimum Gasteiger partial charge on any atom is -0.366 e. The maximum Gasteiger partial charge on any atom is 0.279 e. The predicted molar refractivity (Wildman–Crippen MR) is 45.5 cm³/mol. The standard InChI is InChI=1S/C7H5ClF2N2O2/c8-3-1-2(6(11)13)4(5(9)10)12-7(3)14/h1,5H,(H2,11,13)(H,12,14). The van der Waals surface area contributed by atoms with E-state index in [-0.39, 0.29) is 5.02 Å². The van der Waals surface area contributed by atoms with E-state index >= 15 is 0 Å². The Morgan fingerprint density at radius 3 is 2.57 bits per heavy atom. The molecule has 76 valence electrons. The fraction of sp³-hybridized carbons (Fsp3) is 0.143. The van der Waals surface area contributed by atoms with Crippen molar-refractivity contribution in [3.8, 4) is 0 Å². The number of carbonyl (C=O) groups excluding carboxylic acids is 1. The second kappa shape index (κ2) is 3.75. The minimum absolute atomic E-state index is 0.358. The van der Waals surface area contributed by atoms with E-state index in [2.05, 4.69) is 0 Å². The largest absolute Gasteiger partial charge is 0.366 e. The Labute approximate surface area is 81.7 Å². The summed E-state index contributed by atoms with van der Waals surface area (Å²) in [5.74, 6) is -1.07. The molecule has 14 heavy (non-hydrogen) atoms. The number of nitrogens with two attached hydrogens (primary N) is 1. The van der Waals surface area contributed by atoms with E-state index in [1.54, 1.807) is 4.98 Å². The molecular formula is C7H5ClF2N2O2. The first-order valence-electron chi connectivity index (χ1n) is 3.44. The van der Waals surface area contributed by atoms with E-state index in [9.17, 15) is 18.4 Å². The van der Waals surface area contributed by atoms with Crippen molar-refractivity contribution in [3.63, 3.8) is 0 Å². The van der Waals surface area contributed by atoms with Crippen LogP contribution in [0, 0.1) is 0 Å². The molecule has 7 heteroatoms. The summed E-state index contributed by atoms with van der Waals surface area (Å²) in [6.07, 6.45) is -2.98. The van der Waals surface area contributed by atoms with Gasteiger partial charge in [-0.15, -0.1) is 0 Å². The number of rotatable bonds is 2. The molecule has 1 rings (SSSR count). The van der Waals surface area contributed by atoms with Crippen molar-refractivity contribution in [3.05, 3.63) is 32.7 Å². The lowest BCUT2D eigenvalue weighted by Crippen LogP contribution is -2.20. The lowest BCUT2D eigenvalue weighted by molar-refractivity contribution is 0.0983. The average molecular weight is 223 g/mol. The molecule has 0 aliphatic rings. The zero-order valence-corrected chi connectivity index (χ0v) is 7.44. The molecule has 0 aliphatic carbocycles. The van der Waals surface area contributed by atoms with Gasteiger partial charge in [-0.1, -0.05) is 11.6 Å². The maximum atomic E-state index is 12.3. The van der Waals surface area contributed by atoms with E-state index in [1.165, 1.54) is 0 Å². The molecule has 0 spiro atoms. The van der Waals surface area contributed by atoms with Crippen molar-refractivity contribution in [1.29, 1.82) is 0 Å².